The van der Waals surface area contributed by atoms with E-state index in [9.17, 15) is 24.6 Å². The number of rotatable bonds is 8. The van der Waals surface area contributed by atoms with Crippen molar-refractivity contribution in [3.63, 3.8) is 0 Å². The number of nitrogens with zero attached hydrogens (tertiary/aromatic N) is 1. The fourth-order valence-electron chi connectivity index (χ4n) is 2.65. The summed E-state index contributed by atoms with van der Waals surface area (Å²) in [6.07, 6.45) is 3.20. The number of aliphatic carboxylic acids is 1. The average Bonchev–Trinajstić information content (AvgIpc) is 3.24. The maximum absolute atomic E-state index is 12.4. The van der Waals surface area contributed by atoms with Gasteiger partial charge in [0, 0.05) is 18.3 Å². The number of carboxylic acid groups (broad SMARTS) is 1. The van der Waals surface area contributed by atoms with Gasteiger partial charge in [-0.1, -0.05) is 0 Å². The van der Waals surface area contributed by atoms with Crippen molar-refractivity contribution in [1.82, 2.24) is 25.9 Å². The van der Waals surface area contributed by atoms with Crippen LogP contribution < -0.4 is 16.0 Å². The van der Waals surface area contributed by atoms with Gasteiger partial charge in [-0.2, -0.15) is 0 Å². The summed E-state index contributed by atoms with van der Waals surface area (Å²) in [5.41, 5.74) is 0.542. The summed E-state index contributed by atoms with van der Waals surface area (Å²) in [7, 11) is 0. The molecule has 1 saturated heterocycles. The number of aliphatic hydroxyl groups excluding tert-OH is 1. The Morgan fingerprint density at radius 3 is 2.68 bits per heavy atom. The lowest BCUT2D eigenvalue weighted by atomic mass is 10.1. The number of aliphatic hydroxyl groups is 1. The van der Waals surface area contributed by atoms with Crippen LogP contribution in [-0.4, -0.2) is 68.7 Å². The number of carbonyl (C=O) groups is 3. The molecule has 2 rings (SSSR count). The van der Waals surface area contributed by atoms with Gasteiger partial charge in [0.15, 0.2) is 0 Å². The van der Waals surface area contributed by atoms with Crippen LogP contribution in [0.15, 0.2) is 12.5 Å². The second kappa shape index (κ2) is 8.58. The normalized spacial score (nSPS) is 20.5. The molecule has 1 fully saturated rings. The molecule has 6 N–H and O–H groups in total. The van der Waals surface area contributed by atoms with Crippen molar-refractivity contribution in [3.8, 4) is 0 Å². The molecule has 0 spiro atoms. The molecule has 2 heterocycles. The van der Waals surface area contributed by atoms with Gasteiger partial charge in [-0.05, 0) is 26.3 Å². The molecule has 0 aliphatic carbocycles. The highest BCUT2D eigenvalue weighted by atomic mass is 16.4. The number of amides is 2. The maximum atomic E-state index is 12.4. The highest BCUT2D eigenvalue weighted by molar-refractivity contribution is 5.92. The first-order chi connectivity index (χ1) is 11.9. The van der Waals surface area contributed by atoms with Crippen molar-refractivity contribution < 1.29 is 24.6 Å². The van der Waals surface area contributed by atoms with Crippen molar-refractivity contribution in [3.05, 3.63) is 18.2 Å². The van der Waals surface area contributed by atoms with E-state index in [1.54, 1.807) is 0 Å². The third kappa shape index (κ3) is 5.26. The fourth-order valence-corrected chi connectivity index (χ4v) is 2.65. The monoisotopic (exact) mass is 353 g/mol. The molecule has 4 atom stereocenters. The van der Waals surface area contributed by atoms with E-state index in [0.717, 1.165) is 13.0 Å². The molecule has 1 aliphatic heterocycles. The van der Waals surface area contributed by atoms with Crippen LogP contribution in [0.5, 0.6) is 0 Å². The van der Waals surface area contributed by atoms with E-state index < -0.39 is 36.1 Å². The van der Waals surface area contributed by atoms with Crippen LogP contribution in [0.25, 0.3) is 0 Å². The van der Waals surface area contributed by atoms with E-state index in [4.69, 9.17) is 0 Å². The Bertz CT molecular complexity index is 597. The minimum atomic E-state index is -1.24. The first kappa shape index (κ1) is 18.9. The van der Waals surface area contributed by atoms with Crippen LogP contribution >= 0.6 is 0 Å². The van der Waals surface area contributed by atoms with E-state index >= 15 is 0 Å². The Labute approximate surface area is 144 Å². The number of nitrogens with one attached hydrogen (secondary N) is 4. The molecular weight excluding hydrogens is 330 g/mol. The zero-order valence-corrected chi connectivity index (χ0v) is 13.9. The number of imidazole rings is 1. The number of H-pyrrole nitrogens is 1. The van der Waals surface area contributed by atoms with Gasteiger partial charge in [-0.15, -0.1) is 0 Å². The second-order valence-corrected chi connectivity index (χ2v) is 6.06. The zero-order chi connectivity index (χ0) is 18.4. The molecule has 0 bridgehead atoms. The Hall–Kier alpha value is -2.46. The van der Waals surface area contributed by atoms with Crippen molar-refractivity contribution >= 4 is 17.8 Å². The summed E-state index contributed by atoms with van der Waals surface area (Å²) >= 11 is 0. The van der Waals surface area contributed by atoms with Gasteiger partial charge in [0.2, 0.25) is 11.8 Å². The summed E-state index contributed by atoms with van der Waals surface area (Å²) in [6, 6.07) is -2.86. The standard InChI is InChI=1S/C15H23N5O5/c1-8(21)12(20-13(22)10-3-2-4-17-10)14(23)19-11(15(24)25)5-9-6-16-7-18-9/h6-8,10-12,17,21H,2-5H2,1H3,(H,16,18)(H,19,23)(H,20,22)(H,24,25). The SMILES string of the molecule is CC(O)C(NC(=O)C1CCCN1)C(=O)NC(Cc1cnc[nH]1)C(=O)O. The summed E-state index contributed by atoms with van der Waals surface area (Å²) in [6.45, 7) is 2.08. The molecule has 1 aliphatic rings. The Morgan fingerprint density at radius 2 is 2.16 bits per heavy atom. The minimum Gasteiger partial charge on any atom is -0.480 e. The number of hydrogen-bond acceptors (Lipinski definition) is 6. The largest absolute Gasteiger partial charge is 0.480 e. The predicted molar refractivity (Wildman–Crippen MR) is 86.5 cm³/mol. The van der Waals surface area contributed by atoms with E-state index in [0.29, 0.717) is 12.1 Å². The van der Waals surface area contributed by atoms with Crippen LogP contribution in [0, 0.1) is 0 Å². The molecule has 25 heavy (non-hydrogen) atoms. The molecule has 0 radical (unpaired) electrons. The molecule has 4 unspecified atom stereocenters. The van der Waals surface area contributed by atoms with Gasteiger partial charge in [-0.25, -0.2) is 9.78 Å². The molecule has 0 aromatic carbocycles. The second-order valence-electron chi connectivity index (χ2n) is 6.06. The summed E-state index contributed by atoms with van der Waals surface area (Å²) < 4.78 is 0. The third-order valence-corrected chi connectivity index (χ3v) is 4.03. The Balaban J connectivity index is 1.99. The zero-order valence-electron chi connectivity index (χ0n) is 13.9. The topological polar surface area (TPSA) is 156 Å². The van der Waals surface area contributed by atoms with E-state index in [1.165, 1.54) is 19.4 Å². The van der Waals surface area contributed by atoms with Gasteiger partial charge in [0.25, 0.3) is 0 Å². The molecule has 10 nitrogen and oxygen atoms in total. The lowest BCUT2D eigenvalue weighted by molar-refractivity contribution is -0.143. The maximum Gasteiger partial charge on any atom is 0.326 e. The number of aromatic nitrogens is 2. The number of carbonyl (C=O) groups excluding carboxylic acids is 2. The molecule has 2 amide bonds. The van der Waals surface area contributed by atoms with Gasteiger partial charge >= 0.3 is 5.97 Å². The Morgan fingerprint density at radius 1 is 1.40 bits per heavy atom. The first-order valence-corrected chi connectivity index (χ1v) is 8.10. The molecule has 0 saturated carbocycles. The summed E-state index contributed by atoms with van der Waals surface area (Å²) in [5.74, 6) is -2.37. The van der Waals surface area contributed by atoms with Crippen LogP contribution in [0.1, 0.15) is 25.5 Å². The minimum absolute atomic E-state index is 0.00568. The molecule has 138 valence electrons. The predicted octanol–water partition coefficient (Wildman–Crippen LogP) is -1.86. The smallest absolute Gasteiger partial charge is 0.326 e. The highest BCUT2D eigenvalue weighted by Gasteiger charge is 2.32. The lowest BCUT2D eigenvalue weighted by Crippen LogP contribution is -2.58. The van der Waals surface area contributed by atoms with Gasteiger partial charge in [-0.3, -0.25) is 9.59 Å². The van der Waals surface area contributed by atoms with Crippen LogP contribution in [-0.2, 0) is 20.8 Å². The lowest BCUT2D eigenvalue weighted by Gasteiger charge is -2.24. The number of hydrogen-bond donors (Lipinski definition) is 6. The number of carboxylic acids is 1. The van der Waals surface area contributed by atoms with Crippen molar-refractivity contribution in [2.75, 3.05) is 6.54 Å². The van der Waals surface area contributed by atoms with E-state index in [-0.39, 0.29) is 12.3 Å². The van der Waals surface area contributed by atoms with Gasteiger partial charge < -0.3 is 31.1 Å². The highest BCUT2D eigenvalue weighted by Crippen LogP contribution is 2.06. The number of aromatic amines is 1. The summed E-state index contributed by atoms with van der Waals surface area (Å²) in [5, 5.41) is 26.9. The van der Waals surface area contributed by atoms with Gasteiger partial charge in [0.05, 0.1) is 18.5 Å². The van der Waals surface area contributed by atoms with Crippen molar-refractivity contribution in [2.24, 2.45) is 0 Å². The van der Waals surface area contributed by atoms with Crippen LogP contribution in [0.4, 0.5) is 0 Å². The van der Waals surface area contributed by atoms with E-state index in [1.807, 2.05) is 0 Å². The first-order valence-electron chi connectivity index (χ1n) is 8.10. The van der Waals surface area contributed by atoms with Crippen LogP contribution in [0.2, 0.25) is 0 Å². The molecular formula is C15H23N5O5. The molecule has 1 aromatic heterocycles. The van der Waals surface area contributed by atoms with Gasteiger partial charge in [0.1, 0.15) is 12.1 Å². The van der Waals surface area contributed by atoms with E-state index in [2.05, 4.69) is 25.9 Å². The van der Waals surface area contributed by atoms with Crippen molar-refractivity contribution in [2.45, 2.75) is 50.4 Å². The molecule has 1 aromatic rings. The average molecular weight is 353 g/mol. The Kier molecular flexibility index (Phi) is 6.48. The third-order valence-electron chi connectivity index (χ3n) is 4.03. The summed E-state index contributed by atoms with van der Waals surface area (Å²) in [4.78, 5) is 42.5. The van der Waals surface area contributed by atoms with Crippen LogP contribution in [0.3, 0.4) is 0 Å². The quantitative estimate of drug-likeness (QED) is 0.320. The van der Waals surface area contributed by atoms with Crippen molar-refractivity contribution in [1.29, 1.82) is 0 Å². The molecule has 10 heteroatoms. The fraction of sp³-hybridized carbons (Fsp3) is 0.600.